The quantitative estimate of drug-likeness (QED) is 0.800. The van der Waals surface area contributed by atoms with Crippen LogP contribution in [0.2, 0.25) is 5.02 Å². The van der Waals surface area contributed by atoms with Gasteiger partial charge in [0.25, 0.3) is 0 Å². The van der Waals surface area contributed by atoms with E-state index >= 15 is 0 Å². The molecule has 3 heterocycles. The maximum atomic E-state index is 10.2. The van der Waals surface area contributed by atoms with E-state index in [1.165, 1.54) is 11.3 Å². The van der Waals surface area contributed by atoms with Crippen LogP contribution in [-0.2, 0) is 6.42 Å². The summed E-state index contributed by atoms with van der Waals surface area (Å²) in [6, 6.07) is 0. The standard InChI is InChI=1S/C12H11ClN2OS2/c1-7-6-18-11(10(7)13)9(16)4-8-5-15-2-3-17-12(15)14-8/h2-3,5-6,9,16H,4H2,1H3. The Morgan fingerprint density at radius 3 is 3.00 bits per heavy atom. The Bertz CT molecular complexity index is 657. The van der Waals surface area contributed by atoms with Crippen LogP contribution in [0, 0.1) is 6.92 Å². The fourth-order valence-electron chi connectivity index (χ4n) is 1.84. The molecule has 0 radical (unpaired) electrons. The fraction of sp³-hybridized carbons (Fsp3) is 0.250. The van der Waals surface area contributed by atoms with E-state index in [0.29, 0.717) is 11.4 Å². The molecule has 3 rings (SSSR count). The van der Waals surface area contributed by atoms with E-state index in [4.69, 9.17) is 11.6 Å². The number of hydrogen-bond donors (Lipinski definition) is 1. The first-order chi connectivity index (χ1) is 8.65. The zero-order valence-corrected chi connectivity index (χ0v) is 12.0. The lowest BCUT2D eigenvalue weighted by molar-refractivity contribution is 0.181. The monoisotopic (exact) mass is 298 g/mol. The predicted octanol–water partition coefficient (Wildman–Crippen LogP) is 3.70. The van der Waals surface area contributed by atoms with Gasteiger partial charge in [-0.15, -0.1) is 22.7 Å². The number of fused-ring (bicyclic) bond motifs is 1. The number of hydrogen-bond acceptors (Lipinski definition) is 4. The lowest BCUT2D eigenvalue weighted by Gasteiger charge is -2.07. The summed E-state index contributed by atoms with van der Waals surface area (Å²) in [6.45, 7) is 1.95. The molecule has 3 aromatic rings. The van der Waals surface area contributed by atoms with Gasteiger partial charge in [0.15, 0.2) is 4.96 Å². The van der Waals surface area contributed by atoms with Crippen molar-refractivity contribution in [2.75, 3.05) is 0 Å². The molecule has 0 aliphatic carbocycles. The summed E-state index contributed by atoms with van der Waals surface area (Å²) in [7, 11) is 0. The molecule has 0 bridgehead atoms. The highest BCUT2D eigenvalue weighted by atomic mass is 35.5. The minimum atomic E-state index is -0.583. The number of halogens is 1. The average Bonchev–Trinajstić information content (AvgIpc) is 2.96. The maximum absolute atomic E-state index is 10.2. The summed E-state index contributed by atoms with van der Waals surface area (Å²) < 4.78 is 1.97. The zero-order chi connectivity index (χ0) is 12.7. The van der Waals surface area contributed by atoms with Crippen LogP contribution in [0.4, 0.5) is 0 Å². The van der Waals surface area contributed by atoms with Crippen molar-refractivity contribution in [2.24, 2.45) is 0 Å². The summed E-state index contributed by atoms with van der Waals surface area (Å²) in [5.41, 5.74) is 1.90. The lowest BCUT2D eigenvalue weighted by Crippen LogP contribution is -2.00. The summed E-state index contributed by atoms with van der Waals surface area (Å²) in [5.74, 6) is 0. The molecule has 1 N–H and O–H groups in total. The number of nitrogens with zero attached hydrogens (tertiary/aromatic N) is 2. The van der Waals surface area contributed by atoms with Crippen molar-refractivity contribution in [1.82, 2.24) is 9.38 Å². The van der Waals surface area contributed by atoms with Gasteiger partial charge in [-0.3, -0.25) is 4.40 Å². The van der Waals surface area contributed by atoms with Gasteiger partial charge in [0.05, 0.1) is 21.7 Å². The van der Waals surface area contributed by atoms with Crippen molar-refractivity contribution >= 4 is 39.2 Å². The predicted molar refractivity (Wildman–Crippen MR) is 75.8 cm³/mol. The van der Waals surface area contributed by atoms with Crippen LogP contribution in [0.25, 0.3) is 4.96 Å². The molecule has 1 unspecified atom stereocenters. The van der Waals surface area contributed by atoms with E-state index in [-0.39, 0.29) is 0 Å². The number of imidazole rings is 1. The highest BCUT2D eigenvalue weighted by Gasteiger charge is 2.17. The van der Waals surface area contributed by atoms with E-state index in [9.17, 15) is 5.11 Å². The highest BCUT2D eigenvalue weighted by Crippen LogP contribution is 2.33. The molecular weight excluding hydrogens is 288 g/mol. The molecule has 0 saturated heterocycles. The summed E-state index contributed by atoms with van der Waals surface area (Å²) in [5, 5.41) is 14.8. The Hall–Kier alpha value is -0.880. The van der Waals surface area contributed by atoms with Gasteiger partial charge >= 0.3 is 0 Å². The second kappa shape index (κ2) is 4.66. The van der Waals surface area contributed by atoms with Crippen molar-refractivity contribution in [3.05, 3.63) is 44.3 Å². The number of aliphatic hydroxyl groups is 1. The van der Waals surface area contributed by atoms with E-state index < -0.39 is 6.10 Å². The van der Waals surface area contributed by atoms with Crippen LogP contribution in [0.3, 0.4) is 0 Å². The molecule has 0 aromatic carbocycles. The third kappa shape index (κ3) is 2.07. The molecule has 1 atom stereocenters. The molecular formula is C12H11ClN2OS2. The maximum Gasteiger partial charge on any atom is 0.193 e. The SMILES string of the molecule is Cc1csc(C(O)Cc2cn3ccsc3n2)c1Cl. The van der Waals surface area contributed by atoms with Gasteiger partial charge < -0.3 is 5.11 Å². The van der Waals surface area contributed by atoms with E-state index in [0.717, 1.165) is 21.1 Å². The van der Waals surface area contributed by atoms with E-state index in [1.54, 1.807) is 11.3 Å². The van der Waals surface area contributed by atoms with Gasteiger partial charge in [-0.1, -0.05) is 11.6 Å². The van der Waals surface area contributed by atoms with Crippen molar-refractivity contribution in [3.63, 3.8) is 0 Å². The Kier molecular flexibility index (Phi) is 3.15. The van der Waals surface area contributed by atoms with E-state index in [1.807, 2.05) is 34.5 Å². The molecule has 6 heteroatoms. The van der Waals surface area contributed by atoms with Crippen LogP contribution in [0.5, 0.6) is 0 Å². The molecule has 0 aliphatic heterocycles. The molecule has 3 aromatic heterocycles. The van der Waals surface area contributed by atoms with Crippen molar-refractivity contribution in [1.29, 1.82) is 0 Å². The molecule has 0 amide bonds. The zero-order valence-electron chi connectivity index (χ0n) is 9.63. The second-order valence-electron chi connectivity index (χ2n) is 4.14. The highest BCUT2D eigenvalue weighted by molar-refractivity contribution is 7.15. The molecule has 0 spiro atoms. The van der Waals surface area contributed by atoms with Gasteiger partial charge in [-0.25, -0.2) is 4.98 Å². The van der Waals surface area contributed by atoms with Crippen molar-refractivity contribution in [2.45, 2.75) is 19.4 Å². The largest absolute Gasteiger partial charge is 0.387 e. The minimum Gasteiger partial charge on any atom is -0.387 e. The molecule has 0 aliphatic rings. The number of aryl methyl sites for hydroxylation is 1. The third-order valence-electron chi connectivity index (χ3n) is 2.77. The number of rotatable bonds is 3. The molecule has 3 nitrogen and oxygen atoms in total. The van der Waals surface area contributed by atoms with Gasteiger partial charge in [-0.05, 0) is 17.9 Å². The Morgan fingerprint density at radius 2 is 2.33 bits per heavy atom. The van der Waals surface area contributed by atoms with Crippen LogP contribution in [-0.4, -0.2) is 14.5 Å². The molecule has 94 valence electrons. The smallest absolute Gasteiger partial charge is 0.193 e. The van der Waals surface area contributed by atoms with Gasteiger partial charge in [0.1, 0.15) is 0 Å². The van der Waals surface area contributed by atoms with Crippen LogP contribution < -0.4 is 0 Å². The summed E-state index contributed by atoms with van der Waals surface area (Å²) in [4.78, 5) is 6.23. The van der Waals surface area contributed by atoms with Crippen LogP contribution >= 0.6 is 34.3 Å². The van der Waals surface area contributed by atoms with Gasteiger partial charge in [0, 0.05) is 24.2 Å². The number of thiophene rings is 1. The Labute approximate surface area is 117 Å². The topological polar surface area (TPSA) is 37.5 Å². The first kappa shape index (κ1) is 12.2. The molecule has 0 fully saturated rings. The number of aromatic nitrogens is 2. The number of thiazole rings is 1. The summed E-state index contributed by atoms with van der Waals surface area (Å²) >= 11 is 9.24. The molecule has 0 saturated carbocycles. The van der Waals surface area contributed by atoms with Gasteiger partial charge in [0.2, 0.25) is 0 Å². The number of aliphatic hydroxyl groups excluding tert-OH is 1. The summed E-state index contributed by atoms with van der Waals surface area (Å²) in [6.07, 6.45) is 3.82. The van der Waals surface area contributed by atoms with Crippen molar-refractivity contribution < 1.29 is 5.11 Å². The van der Waals surface area contributed by atoms with Gasteiger partial charge in [-0.2, -0.15) is 0 Å². The Morgan fingerprint density at radius 1 is 1.50 bits per heavy atom. The second-order valence-corrected chi connectivity index (χ2v) is 6.30. The first-order valence-electron chi connectivity index (χ1n) is 5.48. The van der Waals surface area contributed by atoms with Crippen LogP contribution in [0.1, 0.15) is 22.2 Å². The van der Waals surface area contributed by atoms with Crippen molar-refractivity contribution in [3.8, 4) is 0 Å². The first-order valence-corrected chi connectivity index (χ1v) is 7.61. The normalized spacial score (nSPS) is 13.3. The third-order valence-corrected chi connectivity index (χ3v) is 5.36. The Balaban J connectivity index is 1.84. The minimum absolute atomic E-state index is 0.494. The van der Waals surface area contributed by atoms with Crippen LogP contribution in [0.15, 0.2) is 23.2 Å². The average molecular weight is 299 g/mol. The lowest BCUT2D eigenvalue weighted by atomic mass is 10.1. The molecule has 18 heavy (non-hydrogen) atoms. The fourth-order valence-corrected chi connectivity index (χ4v) is 3.86. The van der Waals surface area contributed by atoms with E-state index in [2.05, 4.69) is 4.98 Å².